The molecular formula is C14H19Cl2N3. The highest BCUT2D eigenvalue weighted by molar-refractivity contribution is 6.42. The zero-order valence-electron chi connectivity index (χ0n) is 11.0. The second kappa shape index (κ2) is 5.70. The molecule has 1 aromatic rings. The largest absolute Gasteiger partial charge is 0.387 e. The van der Waals surface area contributed by atoms with E-state index in [1.54, 1.807) is 0 Å². The molecule has 1 aliphatic rings. The van der Waals surface area contributed by atoms with E-state index in [-0.39, 0.29) is 5.41 Å². The lowest BCUT2D eigenvalue weighted by atomic mass is 9.79. The third-order valence-electron chi connectivity index (χ3n) is 4.00. The Morgan fingerprint density at radius 1 is 1.32 bits per heavy atom. The van der Waals surface area contributed by atoms with Crippen LogP contribution in [0.4, 0.5) is 0 Å². The second-order valence-corrected chi connectivity index (χ2v) is 6.31. The fourth-order valence-corrected chi connectivity index (χ4v) is 2.69. The van der Waals surface area contributed by atoms with Gasteiger partial charge in [-0.2, -0.15) is 0 Å². The Morgan fingerprint density at radius 2 is 1.95 bits per heavy atom. The van der Waals surface area contributed by atoms with Crippen LogP contribution in [0.2, 0.25) is 10.0 Å². The Hall–Kier alpha value is -0.770. The first kappa shape index (κ1) is 14.6. The van der Waals surface area contributed by atoms with Gasteiger partial charge in [-0.15, -0.1) is 0 Å². The van der Waals surface area contributed by atoms with Crippen LogP contribution in [-0.2, 0) is 6.54 Å². The smallest absolute Gasteiger partial charge is 0.0966 e. The van der Waals surface area contributed by atoms with Gasteiger partial charge in [0, 0.05) is 12.0 Å². The summed E-state index contributed by atoms with van der Waals surface area (Å²) >= 11 is 11.9. The van der Waals surface area contributed by atoms with Crippen molar-refractivity contribution in [2.75, 3.05) is 13.1 Å². The molecule has 1 fully saturated rings. The molecule has 0 aromatic heterocycles. The number of amidine groups is 1. The van der Waals surface area contributed by atoms with Gasteiger partial charge in [0.15, 0.2) is 0 Å². The average Bonchev–Trinajstić information content (AvgIpc) is 2.37. The number of benzene rings is 1. The molecule has 0 aliphatic carbocycles. The molecule has 19 heavy (non-hydrogen) atoms. The summed E-state index contributed by atoms with van der Waals surface area (Å²) in [4.78, 5) is 2.37. The van der Waals surface area contributed by atoms with Crippen LogP contribution in [0.3, 0.4) is 0 Å². The predicted molar refractivity (Wildman–Crippen MR) is 81.0 cm³/mol. The van der Waals surface area contributed by atoms with Crippen LogP contribution < -0.4 is 5.73 Å². The first-order valence-corrected chi connectivity index (χ1v) is 7.17. The number of nitrogens with two attached hydrogens (primary N) is 1. The molecule has 0 saturated carbocycles. The van der Waals surface area contributed by atoms with Crippen LogP contribution in [0, 0.1) is 10.8 Å². The van der Waals surface area contributed by atoms with Crippen molar-refractivity contribution in [1.82, 2.24) is 4.90 Å². The van der Waals surface area contributed by atoms with Crippen molar-refractivity contribution < 1.29 is 0 Å². The van der Waals surface area contributed by atoms with E-state index in [0.717, 1.165) is 32.5 Å². The summed E-state index contributed by atoms with van der Waals surface area (Å²) in [5, 5.41) is 8.84. The van der Waals surface area contributed by atoms with Crippen molar-refractivity contribution in [3.8, 4) is 0 Å². The zero-order valence-corrected chi connectivity index (χ0v) is 12.6. The molecule has 0 unspecified atom stereocenters. The van der Waals surface area contributed by atoms with E-state index in [2.05, 4.69) is 11.8 Å². The van der Waals surface area contributed by atoms with E-state index in [1.807, 2.05) is 18.2 Å². The van der Waals surface area contributed by atoms with Crippen LogP contribution >= 0.6 is 23.2 Å². The van der Waals surface area contributed by atoms with Gasteiger partial charge in [-0.3, -0.25) is 10.3 Å². The highest BCUT2D eigenvalue weighted by atomic mass is 35.5. The minimum Gasteiger partial charge on any atom is -0.387 e. The summed E-state index contributed by atoms with van der Waals surface area (Å²) in [5.41, 5.74) is 6.71. The quantitative estimate of drug-likeness (QED) is 0.663. The Bertz CT molecular complexity index is 480. The fourth-order valence-electron chi connectivity index (χ4n) is 2.37. The Balaban J connectivity index is 1.95. The number of hydrogen-bond donors (Lipinski definition) is 2. The predicted octanol–water partition coefficient (Wildman–Crippen LogP) is 3.53. The van der Waals surface area contributed by atoms with Crippen LogP contribution in [0.15, 0.2) is 18.2 Å². The van der Waals surface area contributed by atoms with Gasteiger partial charge in [0.05, 0.1) is 15.9 Å². The molecule has 1 heterocycles. The number of nitrogens with zero attached hydrogens (tertiary/aromatic N) is 1. The maximum absolute atomic E-state index is 7.65. The SMILES string of the molecule is CC1(C(=N)N)CCN(Cc2ccc(Cl)c(Cl)c2)CC1. The summed E-state index contributed by atoms with van der Waals surface area (Å²) in [6, 6.07) is 5.76. The van der Waals surface area contributed by atoms with Crippen LogP contribution in [0.5, 0.6) is 0 Å². The lowest BCUT2D eigenvalue weighted by Crippen LogP contribution is -2.44. The van der Waals surface area contributed by atoms with Crippen molar-refractivity contribution in [2.24, 2.45) is 11.1 Å². The molecule has 2 rings (SSSR count). The number of rotatable bonds is 3. The summed E-state index contributed by atoms with van der Waals surface area (Å²) in [5.74, 6) is 0.307. The summed E-state index contributed by atoms with van der Waals surface area (Å²) in [6.45, 7) is 4.85. The first-order valence-electron chi connectivity index (χ1n) is 6.41. The molecule has 1 aromatic carbocycles. The number of piperidine rings is 1. The normalized spacial score (nSPS) is 19.3. The van der Waals surface area contributed by atoms with E-state index < -0.39 is 0 Å². The number of halogens is 2. The molecule has 3 nitrogen and oxygen atoms in total. The van der Waals surface area contributed by atoms with Gasteiger partial charge in [-0.05, 0) is 43.6 Å². The summed E-state index contributed by atoms with van der Waals surface area (Å²) < 4.78 is 0. The van der Waals surface area contributed by atoms with Gasteiger partial charge in [0.2, 0.25) is 0 Å². The van der Waals surface area contributed by atoms with Crippen molar-refractivity contribution >= 4 is 29.0 Å². The highest BCUT2D eigenvalue weighted by Crippen LogP contribution is 2.31. The van der Waals surface area contributed by atoms with Crippen LogP contribution in [0.25, 0.3) is 0 Å². The molecule has 5 heteroatoms. The van der Waals surface area contributed by atoms with Crippen LogP contribution in [0.1, 0.15) is 25.3 Å². The summed E-state index contributed by atoms with van der Waals surface area (Å²) in [7, 11) is 0. The zero-order chi connectivity index (χ0) is 14.0. The Morgan fingerprint density at radius 3 is 2.47 bits per heavy atom. The maximum atomic E-state index is 7.65. The van der Waals surface area contributed by atoms with Crippen molar-refractivity contribution in [2.45, 2.75) is 26.3 Å². The molecule has 0 amide bonds. The molecule has 0 atom stereocenters. The maximum Gasteiger partial charge on any atom is 0.0966 e. The van der Waals surface area contributed by atoms with Gasteiger partial charge >= 0.3 is 0 Å². The second-order valence-electron chi connectivity index (χ2n) is 5.50. The van der Waals surface area contributed by atoms with Crippen molar-refractivity contribution in [1.29, 1.82) is 5.41 Å². The molecular weight excluding hydrogens is 281 g/mol. The molecule has 0 bridgehead atoms. The monoisotopic (exact) mass is 299 g/mol. The Labute approximate surface area is 124 Å². The molecule has 1 saturated heterocycles. The van der Waals surface area contributed by atoms with Gasteiger partial charge in [0.25, 0.3) is 0 Å². The van der Waals surface area contributed by atoms with Gasteiger partial charge in [0.1, 0.15) is 0 Å². The minimum atomic E-state index is -0.131. The molecule has 0 radical (unpaired) electrons. The minimum absolute atomic E-state index is 0.131. The van der Waals surface area contributed by atoms with Gasteiger partial charge in [-0.25, -0.2) is 0 Å². The summed E-state index contributed by atoms with van der Waals surface area (Å²) in [6.07, 6.45) is 1.87. The van der Waals surface area contributed by atoms with Gasteiger partial charge < -0.3 is 5.73 Å². The van der Waals surface area contributed by atoms with E-state index in [9.17, 15) is 0 Å². The number of likely N-dealkylation sites (tertiary alicyclic amines) is 1. The molecule has 1 aliphatic heterocycles. The van der Waals surface area contributed by atoms with E-state index >= 15 is 0 Å². The molecule has 3 N–H and O–H groups in total. The third kappa shape index (κ3) is 3.41. The van der Waals surface area contributed by atoms with E-state index in [0.29, 0.717) is 15.9 Å². The topological polar surface area (TPSA) is 53.1 Å². The fraction of sp³-hybridized carbons (Fsp3) is 0.500. The van der Waals surface area contributed by atoms with E-state index in [1.165, 1.54) is 5.56 Å². The van der Waals surface area contributed by atoms with E-state index in [4.69, 9.17) is 34.3 Å². The molecule has 0 spiro atoms. The number of hydrogen-bond acceptors (Lipinski definition) is 2. The van der Waals surface area contributed by atoms with Crippen molar-refractivity contribution in [3.63, 3.8) is 0 Å². The third-order valence-corrected chi connectivity index (χ3v) is 4.74. The van der Waals surface area contributed by atoms with Gasteiger partial charge in [-0.1, -0.05) is 36.2 Å². The Kier molecular flexibility index (Phi) is 4.39. The first-order chi connectivity index (χ1) is 8.90. The standard InChI is InChI=1S/C14H19Cl2N3/c1-14(13(17)18)4-6-19(7-5-14)9-10-2-3-11(15)12(16)8-10/h2-3,8H,4-7,9H2,1H3,(H3,17,18). The molecule has 104 valence electrons. The average molecular weight is 300 g/mol. The number of nitrogens with one attached hydrogen (secondary N) is 1. The highest BCUT2D eigenvalue weighted by Gasteiger charge is 2.32. The van der Waals surface area contributed by atoms with Crippen molar-refractivity contribution in [3.05, 3.63) is 33.8 Å². The van der Waals surface area contributed by atoms with Crippen LogP contribution in [-0.4, -0.2) is 23.8 Å². The lowest BCUT2D eigenvalue weighted by Gasteiger charge is -2.38. The lowest BCUT2D eigenvalue weighted by molar-refractivity contribution is 0.156.